The van der Waals surface area contributed by atoms with E-state index >= 15 is 4.79 Å². The summed E-state index contributed by atoms with van der Waals surface area (Å²) in [6.07, 6.45) is 9.30. The summed E-state index contributed by atoms with van der Waals surface area (Å²) in [6.45, 7) is 8.83. The monoisotopic (exact) mass is 792 g/mol. The molecule has 0 radical (unpaired) electrons. The van der Waals surface area contributed by atoms with Crippen LogP contribution in [0.2, 0.25) is 0 Å². The number of hydrogen-bond donors (Lipinski definition) is 1. The molecular formula is C43H49FN8O6. The van der Waals surface area contributed by atoms with E-state index in [0.29, 0.717) is 85.8 Å². The van der Waals surface area contributed by atoms with Gasteiger partial charge in [-0.2, -0.15) is 5.10 Å². The number of rotatable bonds is 12. The van der Waals surface area contributed by atoms with Crippen LogP contribution in [0.4, 0.5) is 4.39 Å². The van der Waals surface area contributed by atoms with Gasteiger partial charge in [-0.25, -0.2) is 14.0 Å². The Kier molecular flexibility index (Phi) is 9.62. The third-order valence-electron chi connectivity index (χ3n) is 12.3. The van der Waals surface area contributed by atoms with Crippen LogP contribution in [0.5, 0.6) is 0 Å². The number of amides is 1. The van der Waals surface area contributed by atoms with Gasteiger partial charge in [0.1, 0.15) is 28.4 Å². The van der Waals surface area contributed by atoms with E-state index in [1.54, 1.807) is 40.8 Å². The van der Waals surface area contributed by atoms with Crippen molar-refractivity contribution in [3.63, 3.8) is 0 Å². The summed E-state index contributed by atoms with van der Waals surface area (Å²) in [6, 6.07) is 14.0. The Morgan fingerprint density at radius 2 is 1.84 bits per heavy atom. The van der Waals surface area contributed by atoms with Gasteiger partial charge in [-0.15, -0.1) is 0 Å². The number of unbranched alkanes of at least 4 members (excludes halogenated alkanes) is 2. The topological polar surface area (TPSA) is 147 Å². The molecule has 304 valence electrons. The number of H-pyrrole nitrogens is 1. The molecule has 1 N–H and O–H groups in total. The maximum absolute atomic E-state index is 15.2. The number of nitrogens with zero attached hydrogens (tertiary/aromatic N) is 7. The second-order valence-corrected chi connectivity index (χ2v) is 16.6. The molecule has 1 aliphatic carbocycles. The van der Waals surface area contributed by atoms with Crippen molar-refractivity contribution in [3.8, 4) is 16.9 Å². The molecule has 2 atom stereocenters. The van der Waals surface area contributed by atoms with Crippen LogP contribution in [0, 0.1) is 5.82 Å². The van der Waals surface area contributed by atoms with Crippen LogP contribution in [0.25, 0.3) is 27.8 Å². The standard InChI is InChI=1S/C43H49FN8O6/c1-27-36-37(50-19-18-48(41(50)55)17-6-5-7-22-56-4)35(28-8-11-32(44)12-9-28)46-51(36)21-20-49(27)38(53)34-25-31-24-29(30-14-23-57-42(2,3)26-30)10-13-33(31)52(34)43(15-16-43)39-45-40(54)58-47-39/h8-13,18-19,24-25,27,30H,5-7,14-17,20-23,26H2,1-4H3,(H,45,47,54)/t27-,30+/m0/s1. The van der Waals surface area contributed by atoms with Crippen LogP contribution in [0.1, 0.15) is 105 Å². The number of aromatic nitrogens is 7. The Labute approximate surface area is 334 Å². The number of aryl methyl sites for hydroxylation is 1. The fraction of sp³-hybridized carbons (Fsp3) is 0.465. The Hall–Kier alpha value is -5.54. The lowest BCUT2D eigenvalue weighted by molar-refractivity contribution is -0.0592. The number of fused-ring (bicyclic) bond motifs is 2. The third kappa shape index (κ3) is 6.63. The number of imidazole rings is 1. The van der Waals surface area contributed by atoms with Crippen molar-refractivity contribution in [2.24, 2.45) is 0 Å². The summed E-state index contributed by atoms with van der Waals surface area (Å²) in [5.74, 6) is -0.524. The van der Waals surface area contributed by atoms with Gasteiger partial charge < -0.3 is 18.9 Å². The number of halogens is 1. The van der Waals surface area contributed by atoms with Gasteiger partial charge in [0.25, 0.3) is 5.91 Å². The molecule has 1 saturated carbocycles. The van der Waals surface area contributed by atoms with E-state index in [9.17, 15) is 14.0 Å². The van der Waals surface area contributed by atoms with Crippen LogP contribution in [-0.4, -0.2) is 76.9 Å². The van der Waals surface area contributed by atoms with Crippen molar-refractivity contribution in [2.45, 2.75) is 102 Å². The first kappa shape index (κ1) is 38.0. The van der Waals surface area contributed by atoms with E-state index in [4.69, 9.17) is 19.1 Å². The van der Waals surface area contributed by atoms with E-state index in [-0.39, 0.29) is 23.0 Å². The SMILES string of the molecule is COCCCCCn1ccn(-c2c(-c3ccc(F)cc3)nn3c2[C@H](C)N(C(=O)c2cc4cc([C@@H]5CCOC(C)(C)C5)ccc4n2C2(c4noc(=O)[nH]4)CC2)CC3)c1=O. The molecule has 0 unspecified atom stereocenters. The molecule has 3 aliphatic rings. The fourth-order valence-electron chi connectivity index (χ4n) is 9.25. The predicted molar refractivity (Wildman–Crippen MR) is 214 cm³/mol. The van der Waals surface area contributed by atoms with Gasteiger partial charge in [0, 0.05) is 62.3 Å². The van der Waals surface area contributed by atoms with E-state index in [0.717, 1.165) is 43.0 Å². The van der Waals surface area contributed by atoms with E-state index in [1.165, 1.54) is 17.7 Å². The Balaban J connectivity index is 1.13. The fourth-order valence-corrected chi connectivity index (χ4v) is 9.25. The average Bonchev–Trinajstić information content (AvgIpc) is 3.48. The lowest BCUT2D eigenvalue weighted by Gasteiger charge is -2.35. The van der Waals surface area contributed by atoms with Gasteiger partial charge in [-0.05, 0) is 120 Å². The molecule has 0 bridgehead atoms. The van der Waals surface area contributed by atoms with Gasteiger partial charge in [0.15, 0.2) is 5.82 Å². The maximum Gasteiger partial charge on any atom is 0.438 e. The summed E-state index contributed by atoms with van der Waals surface area (Å²) in [5.41, 5.74) is 3.76. The van der Waals surface area contributed by atoms with Crippen molar-refractivity contribution in [2.75, 3.05) is 26.9 Å². The highest BCUT2D eigenvalue weighted by Crippen LogP contribution is 2.51. The first-order chi connectivity index (χ1) is 28.0. The molecule has 2 fully saturated rings. The summed E-state index contributed by atoms with van der Waals surface area (Å²) in [7, 11) is 1.68. The number of nitrogens with one attached hydrogen (secondary N) is 1. The van der Waals surface area contributed by atoms with Crippen molar-refractivity contribution >= 4 is 16.8 Å². The van der Waals surface area contributed by atoms with Crippen LogP contribution < -0.4 is 11.4 Å². The van der Waals surface area contributed by atoms with E-state index < -0.39 is 17.3 Å². The molecule has 6 heterocycles. The first-order valence-corrected chi connectivity index (χ1v) is 20.3. The van der Waals surface area contributed by atoms with Crippen LogP contribution in [-0.2, 0) is 28.1 Å². The minimum absolute atomic E-state index is 0.197. The molecule has 2 aromatic carbocycles. The smallest absolute Gasteiger partial charge is 0.385 e. The number of ether oxygens (including phenoxy) is 2. The molecule has 4 aromatic heterocycles. The van der Waals surface area contributed by atoms with E-state index in [2.05, 4.69) is 42.2 Å². The highest BCUT2D eigenvalue weighted by atomic mass is 19.1. The lowest BCUT2D eigenvalue weighted by Crippen LogP contribution is -2.43. The average molecular weight is 793 g/mol. The molecule has 6 aromatic rings. The lowest BCUT2D eigenvalue weighted by atomic mass is 9.83. The molecular weight excluding hydrogens is 744 g/mol. The van der Waals surface area contributed by atoms with Crippen LogP contribution >= 0.6 is 0 Å². The zero-order chi connectivity index (χ0) is 40.3. The van der Waals surface area contributed by atoms with Crippen LogP contribution in [0.3, 0.4) is 0 Å². The van der Waals surface area contributed by atoms with Gasteiger partial charge in [-0.1, -0.05) is 11.2 Å². The molecule has 9 rings (SSSR count). The number of methoxy groups -OCH3 is 1. The second kappa shape index (κ2) is 14.7. The predicted octanol–water partition coefficient (Wildman–Crippen LogP) is 6.52. The van der Waals surface area contributed by atoms with E-state index in [1.807, 2.05) is 27.1 Å². The zero-order valence-electron chi connectivity index (χ0n) is 33.4. The van der Waals surface area contributed by atoms with Crippen molar-refractivity contribution < 1.29 is 23.2 Å². The third-order valence-corrected chi connectivity index (χ3v) is 12.3. The number of aromatic amines is 1. The quantitative estimate of drug-likeness (QED) is 0.138. The Morgan fingerprint density at radius 3 is 2.57 bits per heavy atom. The minimum Gasteiger partial charge on any atom is -0.385 e. The summed E-state index contributed by atoms with van der Waals surface area (Å²) in [5, 5.41) is 10.1. The summed E-state index contributed by atoms with van der Waals surface area (Å²) in [4.78, 5) is 46.2. The molecule has 58 heavy (non-hydrogen) atoms. The molecule has 1 saturated heterocycles. The highest BCUT2D eigenvalue weighted by molar-refractivity contribution is 6.00. The number of carbonyl (C=O) groups is 1. The van der Waals surface area contributed by atoms with Gasteiger partial charge >= 0.3 is 11.4 Å². The number of benzene rings is 2. The Bertz CT molecular complexity index is 2600. The van der Waals surface area contributed by atoms with Gasteiger partial charge in [0.05, 0.1) is 23.9 Å². The molecule has 14 nitrogen and oxygen atoms in total. The molecule has 15 heteroatoms. The van der Waals surface area contributed by atoms with Crippen LogP contribution in [0.15, 0.2) is 75.0 Å². The molecule has 1 amide bonds. The van der Waals surface area contributed by atoms with Crippen molar-refractivity contribution in [1.82, 2.24) is 38.5 Å². The van der Waals surface area contributed by atoms with Crippen molar-refractivity contribution in [1.29, 1.82) is 0 Å². The largest absolute Gasteiger partial charge is 0.438 e. The zero-order valence-corrected chi connectivity index (χ0v) is 33.4. The highest BCUT2D eigenvalue weighted by Gasteiger charge is 2.52. The van der Waals surface area contributed by atoms with Gasteiger partial charge in [0.2, 0.25) is 0 Å². The molecule has 0 spiro atoms. The Morgan fingerprint density at radius 1 is 1.03 bits per heavy atom. The summed E-state index contributed by atoms with van der Waals surface area (Å²) >= 11 is 0. The number of hydrogen-bond acceptors (Lipinski definition) is 8. The second-order valence-electron chi connectivity index (χ2n) is 16.6. The first-order valence-electron chi connectivity index (χ1n) is 20.3. The van der Waals surface area contributed by atoms with Crippen molar-refractivity contribution in [3.05, 3.63) is 111 Å². The minimum atomic E-state index is -0.761. The maximum atomic E-state index is 15.2. The molecule has 2 aliphatic heterocycles. The number of carbonyl (C=O) groups excluding carboxylic acids is 1. The summed E-state index contributed by atoms with van der Waals surface area (Å²) < 4.78 is 37.6. The normalized spacial score (nSPS) is 19.8. The van der Waals surface area contributed by atoms with Gasteiger partial charge in [-0.3, -0.25) is 28.1 Å².